The Morgan fingerprint density at radius 2 is 2.06 bits per heavy atom. The van der Waals surface area contributed by atoms with Gasteiger partial charge in [0.1, 0.15) is 23.0 Å². The van der Waals surface area contributed by atoms with Crippen molar-refractivity contribution in [3.63, 3.8) is 0 Å². The van der Waals surface area contributed by atoms with Crippen LogP contribution in [0.25, 0.3) is 22.3 Å². The summed E-state index contributed by atoms with van der Waals surface area (Å²) in [5.74, 6) is 0.825. The number of carbonyl (C=O) groups excluding carboxylic acids is 1. The monoisotopic (exact) mass is 415 g/mol. The molecule has 156 valence electrons. The van der Waals surface area contributed by atoms with Crippen LogP contribution in [-0.2, 0) is 4.79 Å². The molecule has 1 fully saturated rings. The van der Waals surface area contributed by atoms with Gasteiger partial charge in [-0.05, 0) is 12.1 Å². The normalized spacial score (nSPS) is 14.4. The Morgan fingerprint density at radius 3 is 2.68 bits per heavy atom. The van der Waals surface area contributed by atoms with Gasteiger partial charge in [0.05, 0.1) is 23.8 Å². The molecule has 3 aromatic heterocycles. The van der Waals surface area contributed by atoms with Gasteiger partial charge in [-0.1, -0.05) is 0 Å². The number of carbonyl (C=O) groups is 1. The fourth-order valence-corrected chi connectivity index (χ4v) is 3.55. The van der Waals surface area contributed by atoms with Crippen LogP contribution in [0.1, 0.15) is 11.3 Å². The highest BCUT2D eigenvalue weighted by Gasteiger charge is 2.19. The second kappa shape index (κ2) is 8.62. The van der Waals surface area contributed by atoms with Gasteiger partial charge in [0.25, 0.3) is 0 Å². The average molecular weight is 415 g/mol. The summed E-state index contributed by atoms with van der Waals surface area (Å²) in [7, 11) is 1.75. The van der Waals surface area contributed by atoms with Gasteiger partial charge in [-0.3, -0.25) is 4.79 Å². The first kappa shape index (κ1) is 20.0. The van der Waals surface area contributed by atoms with E-state index in [1.165, 1.54) is 12.4 Å². The van der Waals surface area contributed by atoms with Crippen LogP contribution in [0.3, 0.4) is 0 Å². The summed E-state index contributed by atoms with van der Waals surface area (Å²) < 4.78 is 1.61. The first-order chi connectivity index (χ1) is 15.2. The summed E-state index contributed by atoms with van der Waals surface area (Å²) in [5, 5.41) is 24.4. The number of amides is 1. The number of pyridine rings is 1. The molecular formula is C21H21N9O. The Balaban J connectivity index is 1.75. The Kier molecular flexibility index (Phi) is 5.57. The van der Waals surface area contributed by atoms with E-state index in [-0.39, 0.29) is 0 Å². The third-order valence-corrected chi connectivity index (χ3v) is 5.18. The summed E-state index contributed by atoms with van der Waals surface area (Å²) in [5.41, 5.74) is 3.45. The van der Waals surface area contributed by atoms with E-state index in [0.29, 0.717) is 41.1 Å². The lowest BCUT2D eigenvalue weighted by Gasteiger charge is -2.33. The molecular weight excluding hydrogens is 394 g/mol. The van der Waals surface area contributed by atoms with Crippen LogP contribution < -0.4 is 10.2 Å². The van der Waals surface area contributed by atoms with Crippen LogP contribution in [0, 0.1) is 16.7 Å². The number of piperazine rings is 1. The van der Waals surface area contributed by atoms with Crippen LogP contribution in [0.2, 0.25) is 0 Å². The Bertz CT molecular complexity index is 1180. The number of anilines is 1. The highest BCUT2D eigenvalue weighted by molar-refractivity contribution is 6.07. The summed E-state index contributed by atoms with van der Waals surface area (Å²) in [6, 6.07) is 6.00. The lowest BCUT2D eigenvalue weighted by Crippen LogP contribution is -2.46. The average Bonchev–Trinajstić information content (AvgIpc) is 3.25. The van der Waals surface area contributed by atoms with Gasteiger partial charge in [0, 0.05) is 63.0 Å². The lowest BCUT2D eigenvalue weighted by atomic mass is 10.1. The van der Waals surface area contributed by atoms with Gasteiger partial charge in [0.15, 0.2) is 0 Å². The third kappa shape index (κ3) is 3.81. The number of hydrogen-bond donors (Lipinski definition) is 2. The first-order valence-corrected chi connectivity index (χ1v) is 9.76. The van der Waals surface area contributed by atoms with Crippen molar-refractivity contribution < 1.29 is 4.79 Å². The van der Waals surface area contributed by atoms with Crippen molar-refractivity contribution in [2.75, 3.05) is 38.1 Å². The first-order valence-electron chi connectivity index (χ1n) is 9.76. The van der Waals surface area contributed by atoms with Gasteiger partial charge >= 0.3 is 0 Å². The third-order valence-electron chi connectivity index (χ3n) is 5.18. The number of rotatable bonds is 6. The van der Waals surface area contributed by atoms with E-state index < -0.39 is 0 Å². The SMILES string of the molecule is CN/C=C(\C=N)c1cn2ncc(C#N)c2c(-c2ccc(N3CCN(C=O)CC3)nc2)n1. The molecule has 1 amide bonds. The molecule has 1 saturated heterocycles. The quantitative estimate of drug-likeness (QED) is 0.457. The highest BCUT2D eigenvalue weighted by atomic mass is 16.1. The van der Waals surface area contributed by atoms with Crippen molar-refractivity contribution in [1.82, 2.24) is 29.8 Å². The number of nitrogens with one attached hydrogen (secondary N) is 2. The van der Waals surface area contributed by atoms with Gasteiger partial charge in [-0.2, -0.15) is 10.4 Å². The molecule has 3 aromatic rings. The molecule has 0 bridgehead atoms. The molecule has 0 spiro atoms. The predicted molar refractivity (Wildman–Crippen MR) is 117 cm³/mol. The van der Waals surface area contributed by atoms with Crippen molar-refractivity contribution in [1.29, 1.82) is 10.7 Å². The van der Waals surface area contributed by atoms with Crippen molar-refractivity contribution in [3.8, 4) is 17.3 Å². The van der Waals surface area contributed by atoms with Crippen molar-refractivity contribution in [3.05, 3.63) is 48.2 Å². The minimum Gasteiger partial charge on any atom is -0.393 e. The van der Waals surface area contributed by atoms with Crippen LogP contribution in [0.5, 0.6) is 0 Å². The van der Waals surface area contributed by atoms with E-state index in [4.69, 9.17) is 10.4 Å². The molecule has 31 heavy (non-hydrogen) atoms. The molecule has 10 heteroatoms. The van der Waals surface area contributed by atoms with Gasteiger partial charge < -0.3 is 20.5 Å². The molecule has 0 atom stereocenters. The van der Waals surface area contributed by atoms with Gasteiger partial charge in [-0.25, -0.2) is 14.5 Å². The summed E-state index contributed by atoms with van der Waals surface area (Å²) in [6.07, 6.45) is 8.70. The molecule has 1 aliphatic rings. The van der Waals surface area contributed by atoms with Crippen LogP contribution in [0.15, 0.2) is 36.9 Å². The fraction of sp³-hybridized carbons (Fsp3) is 0.238. The number of aromatic nitrogens is 4. The maximum atomic E-state index is 10.9. The molecule has 0 radical (unpaired) electrons. The molecule has 4 heterocycles. The van der Waals surface area contributed by atoms with E-state index in [2.05, 4.69) is 26.4 Å². The van der Waals surface area contributed by atoms with Gasteiger partial charge in [0.2, 0.25) is 6.41 Å². The van der Waals surface area contributed by atoms with E-state index in [0.717, 1.165) is 30.9 Å². The second-order valence-corrected chi connectivity index (χ2v) is 7.00. The highest BCUT2D eigenvalue weighted by Crippen LogP contribution is 2.28. The smallest absolute Gasteiger partial charge is 0.209 e. The Labute approximate surface area is 178 Å². The molecule has 0 aliphatic carbocycles. The molecule has 0 saturated carbocycles. The number of allylic oxidation sites excluding steroid dienone is 1. The van der Waals surface area contributed by atoms with Crippen LogP contribution >= 0.6 is 0 Å². The van der Waals surface area contributed by atoms with Crippen LogP contribution in [-0.4, -0.2) is 70.3 Å². The number of hydrogen-bond acceptors (Lipinski definition) is 8. The standard InChI is InChI=1S/C21H21N9O/c1-24-10-16(8-22)18-13-30-21(17(9-23)12-26-30)20(27-18)15-2-3-19(25-11-15)29-6-4-28(14-31)5-7-29/h2-3,8,10-14,22,24H,4-7H2,1H3/b16-10+,22-8?. The van der Waals surface area contributed by atoms with E-state index in [1.807, 2.05) is 12.1 Å². The maximum Gasteiger partial charge on any atom is 0.209 e. The van der Waals surface area contributed by atoms with E-state index in [1.54, 1.807) is 35.1 Å². The van der Waals surface area contributed by atoms with E-state index >= 15 is 0 Å². The predicted octanol–water partition coefficient (Wildman–Crippen LogP) is 1.15. The summed E-state index contributed by atoms with van der Waals surface area (Å²) >= 11 is 0. The molecule has 1 aliphatic heterocycles. The zero-order valence-corrected chi connectivity index (χ0v) is 17.0. The fourth-order valence-electron chi connectivity index (χ4n) is 3.55. The summed E-state index contributed by atoms with van der Waals surface area (Å²) in [4.78, 5) is 24.1. The Morgan fingerprint density at radius 1 is 1.26 bits per heavy atom. The molecule has 4 rings (SSSR count). The Hall–Kier alpha value is -4.26. The molecule has 0 aromatic carbocycles. The van der Waals surface area contributed by atoms with Crippen molar-refractivity contribution >= 4 is 29.5 Å². The molecule has 0 unspecified atom stereocenters. The number of fused-ring (bicyclic) bond motifs is 1. The zero-order valence-electron chi connectivity index (χ0n) is 17.0. The number of nitriles is 1. The largest absolute Gasteiger partial charge is 0.393 e. The van der Waals surface area contributed by atoms with E-state index in [9.17, 15) is 10.1 Å². The lowest BCUT2D eigenvalue weighted by molar-refractivity contribution is -0.118. The van der Waals surface area contributed by atoms with Gasteiger partial charge in [-0.15, -0.1) is 0 Å². The maximum absolute atomic E-state index is 10.9. The minimum atomic E-state index is 0.414. The zero-order chi connectivity index (χ0) is 21.8. The number of nitrogens with zero attached hydrogens (tertiary/aromatic N) is 7. The summed E-state index contributed by atoms with van der Waals surface area (Å²) in [6.45, 7) is 2.79. The van der Waals surface area contributed by atoms with Crippen molar-refractivity contribution in [2.45, 2.75) is 0 Å². The topological polar surface area (TPSA) is 126 Å². The molecule has 2 N–H and O–H groups in total. The van der Waals surface area contributed by atoms with Crippen LogP contribution in [0.4, 0.5) is 5.82 Å². The van der Waals surface area contributed by atoms with Crippen molar-refractivity contribution in [2.24, 2.45) is 0 Å². The minimum absolute atomic E-state index is 0.414. The molecule has 10 nitrogen and oxygen atoms in total. The second-order valence-electron chi connectivity index (χ2n) is 7.00.